The maximum Gasteiger partial charge on any atom is 0.332 e. The Hall–Kier alpha value is -1.32. The number of carbonyl (C=O) groups is 2. The fourth-order valence-electron chi connectivity index (χ4n) is 0.957. The number of nitrogens with zero attached hydrogens (tertiary/aromatic N) is 1. The largest absolute Gasteiger partial charge is 0.466 e. The van der Waals surface area contributed by atoms with E-state index in [1.165, 1.54) is 7.11 Å². The van der Waals surface area contributed by atoms with Crippen molar-refractivity contribution in [3.8, 4) is 0 Å². The fourth-order valence-corrected chi connectivity index (χ4v) is 0.957. The quantitative estimate of drug-likeness (QED) is 0.467. The Labute approximate surface area is 84.5 Å². The van der Waals surface area contributed by atoms with E-state index in [0.29, 0.717) is 11.5 Å². The summed E-state index contributed by atoms with van der Waals surface area (Å²) in [4.78, 5) is 22.5. The number of esters is 1. The number of ether oxygens (including phenoxy) is 1. The van der Waals surface area contributed by atoms with Crippen molar-refractivity contribution in [2.75, 3.05) is 20.7 Å². The Bertz CT molecular complexity index is 236. The molecule has 80 valence electrons. The van der Waals surface area contributed by atoms with E-state index in [1.807, 2.05) is 7.05 Å². The number of hydrogen-bond donors (Lipinski definition) is 0. The topological polar surface area (TPSA) is 46.6 Å². The molecule has 0 bridgehead atoms. The van der Waals surface area contributed by atoms with E-state index < -0.39 is 0 Å². The highest BCUT2D eigenvalue weighted by molar-refractivity contribution is 5.86. The zero-order valence-electron chi connectivity index (χ0n) is 9.00. The Morgan fingerprint density at radius 2 is 2.14 bits per heavy atom. The van der Waals surface area contributed by atoms with E-state index in [-0.39, 0.29) is 5.97 Å². The van der Waals surface area contributed by atoms with Gasteiger partial charge in [0.05, 0.1) is 7.11 Å². The molecular weight excluding hydrogens is 182 g/mol. The highest BCUT2D eigenvalue weighted by Gasteiger charge is 2.14. The lowest BCUT2D eigenvalue weighted by molar-refractivity contribution is -0.136. The van der Waals surface area contributed by atoms with Crippen LogP contribution in [0.4, 0.5) is 0 Å². The van der Waals surface area contributed by atoms with Crippen LogP contribution in [0.15, 0.2) is 12.2 Å². The molecule has 0 aliphatic carbocycles. The predicted molar refractivity (Wildman–Crippen MR) is 53.7 cm³/mol. The van der Waals surface area contributed by atoms with Crippen LogP contribution in [0.25, 0.3) is 0 Å². The molecule has 0 unspecified atom stereocenters. The van der Waals surface area contributed by atoms with Crippen molar-refractivity contribution in [2.24, 2.45) is 0 Å². The van der Waals surface area contributed by atoms with Crippen LogP contribution >= 0.6 is 0 Å². The molecule has 0 spiro atoms. The summed E-state index contributed by atoms with van der Waals surface area (Å²) in [6.07, 6.45) is 1.81. The second kappa shape index (κ2) is 6.18. The lowest BCUT2D eigenvalue weighted by Gasteiger charge is -2.03. The van der Waals surface area contributed by atoms with Gasteiger partial charge in [0.25, 0.3) is 0 Å². The van der Waals surface area contributed by atoms with Crippen LogP contribution in [0.5, 0.6) is 0 Å². The molecule has 1 aliphatic heterocycles. The molecule has 4 nitrogen and oxygen atoms in total. The van der Waals surface area contributed by atoms with Crippen LogP contribution in [0.3, 0.4) is 0 Å². The number of hydrogen-bond acceptors (Lipinski definition) is 3. The van der Waals surface area contributed by atoms with Gasteiger partial charge in [-0.25, -0.2) is 4.79 Å². The summed E-state index contributed by atoms with van der Waals surface area (Å²) >= 11 is 0. The Morgan fingerprint density at radius 1 is 1.57 bits per heavy atom. The third-order valence-electron chi connectivity index (χ3n) is 1.84. The Balaban J connectivity index is 0.000000241. The molecule has 1 amide bonds. The predicted octanol–water partition coefficient (Wildman–Crippen LogP) is 0.974. The fraction of sp³-hybridized carbons (Fsp3) is 0.600. The highest BCUT2D eigenvalue weighted by atomic mass is 16.5. The molecule has 0 aromatic rings. The zero-order valence-corrected chi connectivity index (χ0v) is 9.00. The third kappa shape index (κ3) is 4.64. The molecular formula is C10H17NO3. The molecule has 4 heteroatoms. The van der Waals surface area contributed by atoms with E-state index in [1.54, 1.807) is 11.8 Å². The third-order valence-corrected chi connectivity index (χ3v) is 1.84. The molecule has 1 aliphatic rings. The summed E-state index contributed by atoms with van der Waals surface area (Å²) < 4.78 is 4.27. The van der Waals surface area contributed by atoms with Gasteiger partial charge < -0.3 is 9.64 Å². The first-order valence-electron chi connectivity index (χ1n) is 4.46. The van der Waals surface area contributed by atoms with Gasteiger partial charge in [0.1, 0.15) is 0 Å². The first kappa shape index (κ1) is 12.7. The maximum absolute atomic E-state index is 10.5. The van der Waals surface area contributed by atoms with Gasteiger partial charge in [-0.05, 0) is 13.3 Å². The zero-order chi connectivity index (χ0) is 11.1. The molecule has 0 radical (unpaired) electrons. The molecule has 14 heavy (non-hydrogen) atoms. The number of amides is 1. The van der Waals surface area contributed by atoms with Crippen LogP contribution in [0, 0.1) is 0 Å². The normalized spacial score (nSPS) is 14.5. The van der Waals surface area contributed by atoms with E-state index in [9.17, 15) is 9.59 Å². The summed E-state index contributed by atoms with van der Waals surface area (Å²) in [6, 6.07) is 0. The minimum absolute atomic E-state index is 0.292. The van der Waals surface area contributed by atoms with Crippen molar-refractivity contribution in [1.29, 1.82) is 0 Å². The Morgan fingerprint density at radius 3 is 2.21 bits per heavy atom. The van der Waals surface area contributed by atoms with Gasteiger partial charge in [-0.15, -0.1) is 0 Å². The van der Waals surface area contributed by atoms with Crippen LogP contribution in [0.1, 0.15) is 19.8 Å². The van der Waals surface area contributed by atoms with Crippen molar-refractivity contribution < 1.29 is 14.3 Å². The average Bonchev–Trinajstić information content (AvgIpc) is 2.50. The van der Waals surface area contributed by atoms with Crippen LogP contribution in [-0.4, -0.2) is 37.5 Å². The van der Waals surface area contributed by atoms with E-state index in [0.717, 1.165) is 19.4 Å². The lowest BCUT2D eigenvalue weighted by Crippen LogP contribution is -2.17. The molecule has 0 N–H and O–H groups in total. The molecule has 0 aromatic heterocycles. The smallest absolute Gasteiger partial charge is 0.332 e. The van der Waals surface area contributed by atoms with E-state index in [4.69, 9.17) is 0 Å². The summed E-state index contributed by atoms with van der Waals surface area (Å²) in [5.74, 6) is -0.0556. The maximum atomic E-state index is 10.5. The van der Waals surface area contributed by atoms with Crippen molar-refractivity contribution in [3.63, 3.8) is 0 Å². The summed E-state index contributed by atoms with van der Waals surface area (Å²) in [5, 5.41) is 0. The van der Waals surface area contributed by atoms with Gasteiger partial charge in [0.2, 0.25) is 5.91 Å². The van der Waals surface area contributed by atoms with Gasteiger partial charge in [0.15, 0.2) is 0 Å². The van der Waals surface area contributed by atoms with E-state index >= 15 is 0 Å². The second-order valence-corrected chi connectivity index (χ2v) is 3.19. The Kier molecular flexibility index (Phi) is 5.60. The number of likely N-dealkylation sites (tertiary alicyclic amines) is 1. The SMILES string of the molecule is C=C(C)C(=O)OC.CN1CCCC1=O. The van der Waals surface area contributed by atoms with Crippen molar-refractivity contribution in [3.05, 3.63) is 12.2 Å². The minimum Gasteiger partial charge on any atom is -0.466 e. The van der Waals surface area contributed by atoms with Gasteiger partial charge >= 0.3 is 5.97 Å². The minimum atomic E-state index is -0.347. The average molecular weight is 199 g/mol. The number of rotatable bonds is 1. The van der Waals surface area contributed by atoms with Crippen molar-refractivity contribution in [2.45, 2.75) is 19.8 Å². The van der Waals surface area contributed by atoms with Gasteiger partial charge in [-0.3, -0.25) is 4.79 Å². The molecule has 0 atom stereocenters. The highest BCUT2D eigenvalue weighted by Crippen LogP contribution is 2.04. The van der Waals surface area contributed by atoms with Crippen LogP contribution < -0.4 is 0 Å². The van der Waals surface area contributed by atoms with Gasteiger partial charge in [-0.2, -0.15) is 0 Å². The van der Waals surface area contributed by atoms with Gasteiger partial charge in [-0.1, -0.05) is 6.58 Å². The van der Waals surface area contributed by atoms with Crippen molar-refractivity contribution >= 4 is 11.9 Å². The first-order valence-corrected chi connectivity index (χ1v) is 4.46. The molecule has 0 aromatic carbocycles. The molecule has 1 fully saturated rings. The monoisotopic (exact) mass is 199 g/mol. The lowest BCUT2D eigenvalue weighted by atomic mass is 10.4. The first-order chi connectivity index (χ1) is 6.49. The molecule has 1 saturated heterocycles. The standard InChI is InChI=1S/C5H9NO.C5H8O2/c1-6-4-2-3-5(6)7;1-4(2)5(6)7-3/h2-4H2,1H3;1H2,2-3H3. The van der Waals surface area contributed by atoms with Crippen molar-refractivity contribution in [1.82, 2.24) is 4.90 Å². The number of carbonyl (C=O) groups excluding carboxylic acids is 2. The number of methoxy groups -OCH3 is 1. The summed E-state index contributed by atoms with van der Waals surface area (Å²) in [6.45, 7) is 5.91. The molecule has 1 rings (SSSR count). The van der Waals surface area contributed by atoms with Crippen LogP contribution in [-0.2, 0) is 14.3 Å². The molecule has 0 saturated carbocycles. The molecule has 1 heterocycles. The van der Waals surface area contributed by atoms with Crippen LogP contribution in [0.2, 0.25) is 0 Å². The summed E-state index contributed by atoms with van der Waals surface area (Å²) in [5.41, 5.74) is 0.433. The second-order valence-electron chi connectivity index (χ2n) is 3.19. The van der Waals surface area contributed by atoms with Gasteiger partial charge in [0, 0.05) is 25.6 Å². The summed E-state index contributed by atoms with van der Waals surface area (Å²) in [7, 11) is 3.17. The van der Waals surface area contributed by atoms with E-state index in [2.05, 4.69) is 11.3 Å².